The van der Waals surface area contributed by atoms with Crippen LogP contribution in [0.15, 0.2) is 10.8 Å². The summed E-state index contributed by atoms with van der Waals surface area (Å²) in [4.78, 5) is 11.7. The van der Waals surface area contributed by atoms with Crippen LogP contribution in [-0.2, 0) is 9.53 Å². The molecule has 0 bridgehead atoms. The van der Waals surface area contributed by atoms with E-state index in [-0.39, 0.29) is 12.0 Å². The van der Waals surface area contributed by atoms with Crippen molar-refractivity contribution in [3.8, 4) is 0 Å². The highest BCUT2D eigenvalue weighted by molar-refractivity contribution is 7.99. The van der Waals surface area contributed by atoms with Gasteiger partial charge in [0.25, 0.3) is 6.04 Å². The Balaban J connectivity index is 2.27. The van der Waals surface area contributed by atoms with Gasteiger partial charge in [-0.3, -0.25) is 0 Å². The summed E-state index contributed by atoms with van der Waals surface area (Å²) in [6, 6.07) is -0.0927. The van der Waals surface area contributed by atoms with Crippen LogP contribution in [0.4, 0.5) is 0 Å². The van der Waals surface area contributed by atoms with E-state index in [0.717, 1.165) is 11.6 Å². The third kappa shape index (κ3) is 2.43. The van der Waals surface area contributed by atoms with Crippen molar-refractivity contribution in [2.75, 3.05) is 18.2 Å². The molecule has 1 aromatic heterocycles. The maximum absolute atomic E-state index is 11.7. The van der Waals surface area contributed by atoms with Crippen LogP contribution in [0.5, 0.6) is 0 Å². The fraction of sp³-hybridized carbons (Fsp3) is 0.556. The highest BCUT2D eigenvalue weighted by atomic mass is 32.2. The lowest BCUT2D eigenvalue weighted by molar-refractivity contribution is -0.145. The lowest BCUT2D eigenvalue weighted by Gasteiger charge is -2.04. The van der Waals surface area contributed by atoms with Crippen LogP contribution in [0.2, 0.25) is 0 Å². The summed E-state index contributed by atoms with van der Waals surface area (Å²) in [5, 5.41) is 4.09. The van der Waals surface area contributed by atoms with E-state index in [9.17, 15) is 4.79 Å². The monoisotopic (exact) mass is 262 g/mol. The van der Waals surface area contributed by atoms with E-state index in [4.69, 9.17) is 4.74 Å². The molecule has 3 nitrogen and oxygen atoms in total. The van der Waals surface area contributed by atoms with Crippen molar-refractivity contribution >= 4 is 40.4 Å². The van der Waals surface area contributed by atoms with Crippen LogP contribution < -0.4 is 8.56 Å². The molecule has 1 atom stereocenters. The molecule has 1 unspecified atom stereocenters. The smallest absolute Gasteiger partial charge is 0.376 e. The van der Waals surface area contributed by atoms with Gasteiger partial charge in [-0.2, -0.15) is 4.58 Å². The lowest BCUT2D eigenvalue weighted by atomic mass is 10.3. The van der Waals surface area contributed by atoms with Gasteiger partial charge in [-0.25, -0.2) is 4.79 Å². The van der Waals surface area contributed by atoms with Gasteiger partial charge in [0.1, 0.15) is 0 Å². The molecule has 1 aliphatic heterocycles. The second kappa shape index (κ2) is 5.14. The van der Waals surface area contributed by atoms with Gasteiger partial charge in [0.2, 0.25) is 0 Å². The van der Waals surface area contributed by atoms with E-state index in [1.807, 2.05) is 17.7 Å². The topological polar surface area (TPSA) is 29.3 Å². The number of carbonyl (C=O) groups excluding carboxylic acids is 1. The van der Waals surface area contributed by atoms with E-state index in [1.165, 1.54) is 3.98 Å². The summed E-state index contributed by atoms with van der Waals surface area (Å²) in [6.45, 7) is 2.31. The first-order valence-corrected chi connectivity index (χ1v) is 7.60. The van der Waals surface area contributed by atoms with E-state index < -0.39 is 0 Å². The molecule has 6 heteroatoms. The van der Waals surface area contributed by atoms with Crippen LogP contribution in [0.1, 0.15) is 6.92 Å². The average molecular weight is 262 g/mol. The summed E-state index contributed by atoms with van der Waals surface area (Å²) >= 11 is 5.15. The molecular weight excluding hydrogens is 250 g/mol. The molecule has 2 heterocycles. The van der Waals surface area contributed by atoms with Gasteiger partial charge in [-0.1, -0.05) is 34.4 Å². The van der Waals surface area contributed by atoms with E-state index in [1.54, 1.807) is 34.4 Å². The van der Waals surface area contributed by atoms with Crippen molar-refractivity contribution < 1.29 is 9.53 Å². The van der Waals surface area contributed by atoms with Crippen molar-refractivity contribution in [3.05, 3.63) is 14.7 Å². The molecule has 1 saturated heterocycles. The number of rotatable bonds is 2. The Kier molecular flexibility index (Phi) is 3.82. The summed E-state index contributed by atoms with van der Waals surface area (Å²) in [5.41, 5.74) is 0. The number of carbonyl (C=O) groups is 1. The van der Waals surface area contributed by atoms with Crippen LogP contribution in [0.25, 0.3) is 0 Å². The molecule has 0 N–H and O–H groups in total. The number of esters is 1. The van der Waals surface area contributed by atoms with Gasteiger partial charge in [0.15, 0.2) is 5.88 Å². The quantitative estimate of drug-likeness (QED) is 0.593. The van der Waals surface area contributed by atoms with Crippen molar-refractivity contribution in [1.82, 2.24) is 4.58 Å². The Morgan fingerprint density at radius 2 is 2.33 bits per heavy atom. The molecule has 1 aromatic rings. The maximum atomic E-state index is 11.7. The van der Waals surface area contributed by atoms with E-state index >= 15 is 0 Å². The molecule has 2 rings (SSSR count). The number of hydrogen-bond donors (Lipinski definition) is 0. The molecule has 1 aliphatic rings. The van der Waals surface area contributed by atoms with Crippen molar-refractivity contribution in [2.24, 2.45) is 0 Å². The summed E-state index contributed by atoms with van der Waals surface area (Å²) in [7, 11) is 0. The van der Waals surface area contributed by atoms with Gasteiger partial charge in [-0.15, -0.1) is 0 Å². The first-order valence-electron chi connectivity index (χ1n) is 4.69. The predicted molar refractivity (Wildman–Crippen MR) is 65.2 cm³/mol. The molecule has 0 aliphatic carbocycles. The number of ether oxygens (including phenoxy) is 1. The number of thioether (sulfide) groups is 1. The standard InChI is InChI=1S/C9H12NO2S3/c1-2-12-8(11)7-5-13-6-10(7)9-14-3-4-15-9/h3-4,7H,2,5-6H2,1H3/q+1. The normalized spacial score (nSPS) is 20.6. The van der Waals surface area contributed by atoms with Crippen LogP contribution in [0, 0.1) is 0 Å². The first-order chi connectivity index (χ1) is 7.33. The molecule has 0 saturated carbocycles. The summed E-state index contributed by atoms with van der Waals surface area (Å²) in [5.74, 6) is 1.63. The summed E-state index contributed by atoms with van der Waals surface area (Å²) in [6.07, 6.45) is 0. The minimum atomic E-state index is -0.0944. The Hall–Kier alpha value is -0.330. The third-order valence-electron chi connectivity index (χ3n) is 2.07. The van der Waals surface area contributed by atoms with Gasteiger partial charge in [0.05, 0.1) is 12.4 Å². The van der Waals surface area contributed by atoms with Gasteiger partial charge < -0.3 is 4.74 Å². The molecule has 1 fully saturated rings. The SMILES string of the molecule is CCOC(=O)C1CSC[N+]1=c1sccs1. The highest BCUT2D eigenvalue weighted by Gasteiger charge is 2.37. The molecule has 15 heavy (non-hydrogen) atoms. The minimum absolute atomic E-state index is 0.0927. The van der Waals surface area contributed by atoms with Gasteiger partial charge >= 0.3 is 9.95 Å². The Labute approximate surface area is 100 Å². The molecule has 82 valence electrons. The number of nitrogens with zero attached hydrogens (tertiary/aromatic N) is 1. The van der Waals surface area contributed by atoms with Gasteiger partial charge in [0, 0.05) is 10.8 Å². The molecule has 0 amide bonds. The van der Waals surface area contributed by atoms with Crippen LogP contribution >= 0.6 is 34.4 Å². The van der Waals surface area contributed by atoms with Crippen molar-refractivity contribution in [3.63, 3.8) is 0 Å². The lowest BCUT2D eigenvalue weighted by Crippen LogP contribution is -2.40. The second-order valence-electron chi connectivity index (χ2n) is 3.01. The largest absolute Gasteiger partial charge is 0.461 e. The van der Waals surface area contributed by atoms with E-state index in [2.05, 4.69) is 4.58 Å². The zero-order valence-electron chi connectivity index (χ0n) is 8.34. The molecule has 0 aromatic carbocycles. The maximum Gasteiger partial charge on any atom is 0.376 e. The van der Waals surface area contributed by atoms with Gasteiger partial charge in [-0.05, 0) is 6.92 Å². The first kappa shape index (κ1) is 11.2. The highest BCUT2D eigenvalue weighted by Crippen LogP contribution is 2.15. The van der Waals surface area contributed by atoms with Crippen LogP contribution in [0.3, 0.4) is 0 Å². The fourth-order valence-electron chi connectivity index (χ4n) is 1.39. The summed E-state index contributed by atoms with van der Waals surface area (Å²) < 4.78 is 8.40. The Bertz CT molecular complexity index is 393. The predicted octanol–water partition coefficient (Wildman–Crippen LogP) is 1.22. The van der Waals surface area contributed by atoms with Crippen molar-refractivity contribution in [1.29, 1.82) is 0 Å². The van der Waals surface area contributed by atoms with E-state index in [0.29, 0.717) is 6.61 Å². The zero-order valence-corrected chi connectivity index (χ0v) is 10.8. The Morgan fingerprint density at radius 3 is 3.00 bits per heavy atom. The molecular formula is C9H12NO2S3+. The number of hydrogen-bond acceptors (Lipinski definition) is 5. The third-order valence-corrected chi connectivity index (χ3v) is 5.25. The molecule has 0 spiro atoms. The van der Waals surface area contributed by atoms with Crippen molar-refractivity contribution in [2.45, 2.75) is 13.0 Å². The van der Waals surface area contributed by atoms with Crippen LogP contribution in [-0.4, -0.2) is 30.2 Å². The molecule has 0 radical (unpaired) electrons. The Morgan fingerprint density at radius 1 is 1.60 bits per heavy atom. The fourth-order valence-corrected chi connectivity index (χ4v) is 4.59. The second-order valence-corrected chi connectivity index (χ2v) is 6.06. The zero-order chi connectivity index (χ0) is 10.7. The average Bonchev–Trinajstić information content (AvgIpc) is 2.88. The minimum Gasteiger partial charge on any atom is -0.461 e.